The van der Waals surface area contributed by atoms with Gasteiger partial charge in [-0.15, -0.1) is 0 Å². The molecule has 1 N–H and O–H groups in total. The fourth-order valence-corrected chi connectivity index (χ4v) is 4.06. The molecule has 1 saturated heterocycles. The first-order valence-electron chi connectivity index (χ1n) is 8.76. The number of nitrogens with one attached hydrogen (secondary N) is 1. The van der Waals surface area contributed by atoms with Crippen LogP contribution in [0.1, 0.15) is 12.0 Å². The molecule has 1 aliphatic heterocycles. The van der Waals surface area contributed by atoms with E-state index in [1.165, 1.54) is 0 Å². The van der Waals surface area contributed by atoms with Crippen LogP contribution in [0.5, 0.6) is 0 Å². The lowest BCUT2D eigenvalue weighted by molar-refractivity contribution is 0.360. The van der Waals surface area contributed by atoms with Crippen molar-refractivity contribution in [3.05, 3.63) is 45.8 Å². The Hall–Kier alpha value is -2.11. The van der Waals surface area contributed by atoms with Crippen LogP contribution in [0.15, 0.2) is 36.7 Å². The third-order valence-electron chi connectivity index (χ3n) is 4.99. The summed E-state index contributed by atoms with van der Waals surface area (Å²) in [5.74, 6) is 0. The first kappa shape index (κ1) is 17.3. The zero-order chi connectivity index (χ0) is 18.1. The van der Waals surface area contributed by atoms with Gasteiger partial charge in [-0.1, -0.05) is 6.07 Å². The number of likely N-dealkylation sites (N-methyl/N-ethyl adjacent to an activating group) is 1. The predicted molar refractivity (Wildman–Crippen MR) is 113 cm³/mol. The molecule has 1 fully saturated rings. The molecule has 0 aliphatic carbocycles. The van der Waals surface area contributed by atoms with Gasteiger partial charge in [-0.2, -0.15) is 5.26 Å². The van der Waals surface area contributed by atoms with Crippen molar-refractivity contribution in [2.45, 2.75) is 6.42 Å². The summed E-state index contributed by atoms with van der Waals surface area (Å²) in [4.78, 5) is 12.4. The number of aromatic amines is 1. The topological polar surface area (TPSA) is 58.9 Å². The van der Waals surface area contributed by atoms with Crippen LogP contribution in [-0.2, 0) is 0 Å². The number of aromatic nitrogens is 2. The standard InChI is InChI=1S/C20H20IN5/c1-25-5-2-6-26(8-7-25)19-4-3-14(9-15(19)11-22)16-10-17-18(21)13-24-20(17)23-12-16/h3-4,9-10,12-13H,2,5-8H2,1H3,(H,23,24). The fraction of sp³-hybridized carbons (Fsp3) is 0.300. The minimum atomic E-state index is 0.732. The van der Waals surface area contributed by atoms with Gasteiger partial charge in [-0.25, -0.2) is 4.98 Å². The minimum absolute atomic E-state index is 0.732. The molecule has 5 nitrogen and oxygen atoms in total. The Morgan fingerprint density at radius 1 is 1.15 bits per heavy atom. The summed E-state index contributed by atoms with van der Waals surface area (Å²) in [6, 6.07) is 10.7. The van der Waals surface area contributed by atoms with Gasteiger partial charge in [-0.3, -0.25) is 0 Å². The maximum Gasteiger partial charge on any atom is 0.138 e. The number of H-pyrrole nitrogens is 1. The molecule has 0 unspecified atom stereocenters. The quantitative estimate of drug-likeness (QED) is 0.595. The molecule has 4 rings (SSSR count). The number of hydrogen-bond acceptors (Lipinski definition) is 4. The Labute approximate surface area is 166 Å². The monoisotopic (exact) mass is 457 g/mol. The van der Waals surface area contributed by atoms with E-state index in [1.54, 1.807) is 0 Å². The number of nitrogens with zero attached hydrogens (tertiary/aromatic N) is 4. The van der Waals surface area contributed by atoms with Gasteiger partial charge in [0.15, 0.2) is 0 Å². The molecule has 3 aromatic rings. The third-order valence-corrected chi connectivity index (χ3v) is 5.88. The van der Waals surface area contributed by atoms with Crippen molar-refractivity contribution in [3.8, 4) is 17.2 Å². The number of fused-ring (bicyclic) bond motifs is 1. The lowest BCUT2D eigenvalue weighted by atomic mass is 10.0. The number of anilines is 1. The van der Waals surface area contributed by atoms with Crippen LogP contribution in [0.4, 0.5) is 5.69 Å². The fourth-order valence-electron chi connectivity index (χ4n) is 3.50. The van der Waals surface area contributed by atoms with Crippen molar-refractivity contribution >= 4 is 39.3 Å². The van der Waals surface area contributed by atoms with E-state index in [1.807, 2.05) is 18.5 Å². The van der Waals surface area contributed by atoms with Gasteiger partial charge < -0.3 is 14.8 Å². The molecule has 1 aromatic carbocycles. The van der Waals surface area contributed by atoms with Crippen LogP contribution in [0, 0.1) is 14.9 Å². The van der Waals surface area contributed by atoms with E-state index in [4.69, 9.17) is 0 Å². The number of rotatable bonds is 2. The van der Waals surface area contributed by atoms with E-state index < -0.39 is 0 Å². The summed E-state index contributed by atoms with van der Waals surface area (Å²) in [7, 11) is 2.16. The summed E-state index contributed by atoms with van der Waals surface area (Å²) >= 11 is 2.31. The summed E-state index contributed by atoms with van der Waals surface area (Å²) in [5.41, 5.74) is 4.73. The summed E-state index contributed by atoms with van der Waals surface area (Å²) in [6.07, 6.45) is 4.95. The molecular formula is C20H20IN5. The molecule has 0 atom stereocenters. The van der Waals surface area contributed by atoms with Gasteiger partial charge >= 0.3 is 0 Å². The van der Waals surface area contributed by atoms with E-state index in [0.29, 0.717) is 0 Å². The average Bonchev–Trinajstić information content (AvgIpc) is 2.90. The van der Waals surface area contributed by atoms with Gasteiger partial charge in [0.2, 0.25) is 0 Å². The van der Waals surface area contributed by atoms with E-state index in [9.17, 15) is 5.26 Å². The lowest BCUT2D eigenvalue weighted by Gasteiger charge is -2.24. The largest absolute Gasteiger partial charge is 0.369 e. The minimum Gasteiger partial charge on any atom is -0.369 e. The molecule has 6 heteroatoms. The Bertz CT molecular complexity index is 988. The van der Waals surface area contributed by atoms with Crippen molar-refractivity contribution in [1.82, 2.24) is 14.9 Å². The van der Waals surface area contributed by atoms with Crippen LogP contribution in [0.3, 0.4) is 0 Å². The number of hydrogen-bond donors (Lipinski definition) is 1. The highest BCUT2D eigenvalue weighted by Crippen LogP contribution is 2.30. The van der Waals surface area contributed by atoms with Crippen molar-refractivity contribution in [1.29, 1.82) is 5.26 Å². The second-order valence-electron chi connectivity index (χ2n) is 6.74. The molecule has 2 aromatic heterocycles. The first-order chi connectivity index (χ1) is 12.7. The van der Waals surface area contributed by atoms with Crippen LogP contribution < -0.4 is 4.90 Å². The van der Waals surface area contributed by atoms with E-state index in [0.717, 1.165) is 69.6 Å². The van der Waals surface area contributed by atoms with Gasteiger partial charge in [0, 0.05) is 46.5 Å². The van der Waals surface area contributed by atoms with Crippen molar-refractivity contribution < 1.29 is 0 Å². The maximum absolute atomic E-state index is 9.72. The van der Waals surface area contributed by atoms with Crippen molar-refractivity contribution in [2.24, 2.45) is 0 Å². The smallest absolute Gasteiger partial charge is 0.138 e. The molecule has 26 heavy (non-hydrogen) atoms. The van der Waals surface area contributed by atoms with Crippen LogP contribution in [0.2, 0.25) is 0 Å². The molecule has 0 bridgehead atoms. The second kappa shape index (κ2) is 7.25. The Balaban J connectivity index is 1.70. The highest BCUT2D eigenvalue weighted by molar-refractivity contribution is 14.1. The second-order valence-corrected chi connectivity index (χ2v) is 7.91. The zero-order valence-corrected chi connectivity index (χ0v) is 16.8. The summed E-state index contributed by atoms with van der Waals surface area (Å²) in [6.45, 7) is 4.09. The van der Waals surface area contributed by atoms with Crippen LogP contribution in [0.25, 0.3) is 22.2 Å². The molecule has 0 saturated carbocycles. The molecular weight excluding hydrogens is 437 g/mol. The van der Waals surface area contributed by atoms with E-state index >= 15 is 0 Å². The first-order valence-corrected chi connectivity index (χ1v) is 9.84. The van der Waals surface area contributed by atoms with Gasteiger partial charge in [0.25, 0.3) is 0 Å². The molecule has 132 valence electrons. The van der Waals surface area contributed by atoms with Gasteiger partial charge in [0.1, 0.15) is 11.7 Å². The maximum atomic E-state index is 9.72. The highest BCUT2D eigenvalue weighted by Gasteiger charge is 2.16. The molecule has 1 aliphatic rings. The zero-order valence-electron chi connectivity index (χ0n) is 14.7. The number of nitriles is 1. The Morgan fingerprint density at radius 2 is 2.04 bits per heavy atom. The van der Waals surface area contributed by atoms with Gasteiger partial charge in [0.05, 0.1) is 11.3 Å². The lowest BCUT2D eigenvalue weighted by Crippen LogP contribution is -2.29. The number of halogens is 1. The number of benzene rings is 1. The highest BCUT2D eigenvalue weighted by atomic mass is 127. The summed E-state index contributed by atoms with van der Waals surface area (Å²) in [5, 5.41) is 10.8. The van der Waals surface area contributed by atoms with Crippen LogP contribution >= 0.6 is 22.6 Å². The number of pyridine rings is 1. The Kier molecular flexibility index (Phi) is 4.83. The Morgan fingerprint density at radius 3 is 2.88 bits per heavy atom. The van der Waals surface area contributed by atoms with E-state index in [2.05, 4.69) is 73.7 Å². The normalized spacial score (nSPS) is 15.8. The van der Waals surface area contributed by atoms with Crippen molar-refractivity contribution in [3.63, 3.8) is 0 Å². The third kappa shape index (κ3) is 3.29. The van der Waals surface area contributed by atoms with E-state index in [-0.39, 0.29) is 0 Å². The predicted octanol–water partition coefficient (Wildman–Crippen LogP) is 3.85. The summed E-state index contributed by atoms with van der Waals surface area (Å²) < 4.78 is 1.15. The molecule has 3 heterocycles. The molecule has 0 amide bonds. The van der Waals surface area contributed by atoms with Gasteiger partial charge in [-0.05, 0) is 66.4 Å². The SMILES string of the molecule is CN1CCCN(c2ccc(-c3cnc4[nH]cc(I)c4c3)cc2C#N)CC1. The molecule has 0 spiro atoms. The molecule has 0 radical (unpaired) electrons. The van der Waals surface area contributed by atoms with Crippen LogP contribution in [-0.4, -0.2) is 48.1 Å². The van der Waals surface area contributed by atoms with Crippen molar-refractivity contribution in [2.75, 3.05) is 38.1 Å². The average molecular weight is 457 g/mol.